The average molecular weight is 425 g/mol. The number of hydrogen-bond acceptors (Lipinski definition) is 6. The maximum atomic E-state index is 12.8. The summed E-state index contributed by atoms with van der Waals surface area (Å²) in [5, 5.41) is 11.0. The van der Waals surface area contributed by atoms with Crippen LogP contribution >= 0.6 is 0 Å². The fraction of sp³-hybridized carbons (Fsp3) is 0.294. The van der Waals surface area contributed by atoms with Crippen LogP contribution in [0.3, 0.4) is 0 Å². The van der Waals surface area contributed by atoms with E-state index in [9.17, 15) is 26.9 Å². The van der Waals surface area contributed by atoms with Gasteiger partial charge in [-0.2, -0.15) is 0 Å². The summed E-state index contributed by atoms with van der Waals surface area (Å²) >= 11 is 0. The Kier molecular flexibility index (Phi) is 5.06. The third-order valence-electron chi connectivity index (χ3n) is 4.51. The van der Waals surface area contributed by atoms with Gasteiger partial charge in [0.05, 0.1) is 26.9 Å². The van der Waals surface area contributed by atoms with Crippen LogP contribution in [-0.2, 0) is 20.0 Å². The Balaban J connectivity index is 1.93. The first-order valence-electron chi connectivity index (χ1n) is 8.40. The van der Waals surface area contributed by atoms with Crippen LogP contribution in [0.15, 0.2) is 41.3 Å². The van der Waals surface area contributed by atoms with E-state index in [0.717, 1.165) is 6.07 Å². The molecule has 1 aliphatic heterocycles. The summed E-state index contributed by atoms with van der Waals surface area (Å²) in [6.45, 7) is 3.59. The molecule has 0 saturated carbocycles. The SMILES string of the molecule is Cc1cc(N2CCCS2(=O)=O)ccc1NS(=O)(=O)c1cc([N+](=O)[O-])ccc1C. The van der Waals surface area contributed by atoms with Gasteiger partial charge in [0, 0.05) is 18.7 Å². The van der Waals surface area contributed by atoms with Crippen molar-refractivity contribution in [1.29, 1.82) is 0 Å². The highest BCUT2D eigenvalue weighted by Crippen LogP contribution is 2.30. The summed E-state index contributed by atoms with van der Waals surface area (Å²) in [7, 11) is -7.40. The van der Waals surface area contributed by atoms with Gasteiger partial charge in [-0.25, -0.2) is 16.8 Å². The average Bonchev–Trinajstić information content (AvgIpc) is 2.95. The summed E-state index contributed by atoms with van der Waals surface area (Å²) in [6.07, 6.45) is 0.543. The first kappa shape index (κ1) is 20.1. The van der Waals surface area contributed by atoms with E-state index in [4.69, 9.17) is 0 Å². The number of rotatable bonds is 5. The van der Waals surface area contributed by atoms with E-state index in [1.165, 1.54) is 28.6 Å². The molecule has 0 amide bonds. The highest BCUT2D eigenvalue weighted by atomic mass is 32.2. The highest BCUT2D eigenvalue weighted by molar-refractivity contribution is 7.93. The van der Waals surface area contributed by atoms with Gasteiger partial charge in [0.15, 0.2) is 0 Å². The lowest BCUT2D eigenvalue weighted by Gasteiger charge is -2.19. The first-order chi connectivity index (χ1) is 13.0. The predicted molar refractivity (Wildman–Crippen MR) is 106 cm³/mol. The van der Waals surface area contributed by atoms with E-state index < -0.39 is 25.0 Å². The molecule has 2 aromatic carbocycles. The van der Waals surface area contributed by atoms with E-state index in [-0.39, 0.29) is 22.0 Å². The Morgan fingerprint density at radius 2 is 1.82 bits per heavy atom. The zero-order chi connectivity index (χ0) is 20.7. The second-order valence-electron chi connectivity index (χ2n) is 6.55. The molecular weight excluding hydrogens is 406 g/mol. The molecular formula is C17H19N3O6S2. The van der Waals surface area contributed by atoms with Crippen LogP contribution < -0.4 is 9.03 Å². The van der Waals surface area contributed by atoms with Crippen molar-refractivity contribution in [2.45, 2.75) is 25.2 Å². The van der Waals surface area contributed by atoms with Gasteiger partial charge in [0.1, 0.15) is 0 Å². The van der Waals surface area contributed by atoms with Crippen LogP contribution in [0.2, 0.25) is 0 Å². The molecule has 9 nitrogen and oxygen atoms in total. The van der Waals surface area contributed by atoms with Gasteiger partial charge in [0.25, 0.3) is 15.7 Å². The molecule has 11 heteroatoms. The molecule has 0 aromatic heterocycles. The molecule has 0 unspecified atom stereocenters. The summed E-state index contributed by atoms with van der Waals surface area (Å²) in [6, 6.07) is 8.25. The van der Waals surface area contributed by atoms with Crippen molar-refractivity contribution in [1.82, 2.24) is 0 Å². The van der Waals surface area contributed by atoms with Crippen molar-refractivity contribution >= 4 is 37.1 Å². The first-order valence-corrected chi connectivity index (χ1v) is 11.5. The highest BCUT2D eigenvalue weighted by Gasteiger charge is 2.29. The van der Waals surface area contributed by atoms with Crippen molar-refractivity contribution in [3.63, 3.8) is 0 Å². The van der Waals surface area contributed by atoms with Crippen molar-refractivity contribution in [2.24, 2.45) is 0 Å². The molecule has 0 aliphatic carbocycles. The van der Waals surface area contributed by atoms with Crippen LogP contribution in [0.4, 0.5) is 17.1 Å². The molecule has 1 fully saturated rings. The second kappa shape index (κ2) is 7.06. The lowest BCUT2D eigenvalue weighted by molar-refractivity contribution is -0.385. The van der Waals surface area contributed by atoms with E-state index in [1.54, 1.807) is 19.9 Å². The Morgan fingerprint density at radius 3 is 2.39 bits per heavy atom. The van der Waals surface area contributed by atoms with Crippen LogP contribution in [0.5, 0.6) is 0 Å². The molecule has 150 valence electrons. The van der Waals surface area contributed by atoms with Gasteiger partial charge in [-0.15, -0.1) is 0 Å². The zero-order valence-electron chi connectivity index (χ0n) is 15.2. The number of benzene rings is 2. The minimum absolute atomic E-state index is 0.0898. The fourth-order valence-electron chi connectivity index (χ4n) is 3.04. The maximum absolute atomic E-state index is 12.8. The lowest BCUT2D eigenvalue weighted by Crippen LogP contribution is -2.25. The van der Waals surface area contributed by atoms with E-state index in [1.807, 2.05) is 0 Å². The number of nitro groups is 1. The molecule has 3 rings (SSSR count). The number of nitrogens with one attached hydrogen (secondary N) is 1. The van der Waals surface area contributed by atoms with E-state index in [2.05, 4.69) is 4.72 Å². The number of sulfonamides is 2. The minimum atomic E-state index is -4.06. The molecule has 1 saturated heterocycles. The van der Waals surface area contributed by atoms with Gasteiger partial charge in [-0.3, -0.25) is 19.1 Å². The molecule has 1 aliphatic rings. The van der Waals surface area contributed by atoms with E-state index in [0.29, 0.717) is 29.8 Å². The smallest absolute Gasteiger partial charge is 0.270 e. The molecule has 0 atom stereocenters. The second-order valence-corrected chi connectivity index (χ2v) is 10.2. The van der Waals surface area contributed by atoms with Crippen LogP contribution in [0.25, 0.3) is 0 Å². The van der Waals surface area contributed by atoms with Gasteiger partial charge in [-0.1, -0.05) is 6.07 Å². The van der Waals surface area contributed by atoms with Gasteiger partial charge in [0.2, 0.25) is 10.0 Å². The van der Waals surface area contributed by atoms with Crippen molar-refractivity contribution in [3.8, 4) is 0 Å². The number of nitro benzene ring substituents is 1. The standard InChI is InChI=1S/C17H19N3O6S2/c1-12-4-5-15(20(21)22)11-17(12)28(25,26)18-16-7-6-14(10-13(16)2)19-8-3-9-27(19,23)24/h4-7,10-11,18H,3,8-9H2,1-2H3. The monoisotopic (exact) mass is 425 g/mol. The molecule has 28 heavy (non-hydrogen) atoms. The Morgan fingerprint density at radius 1 is 1.11 bits per heavy atom. The van der Waals surface area contributed by atoms with Gasteiger partial charge in [-0.05, 0) is 49.6 Å². The molecule has 1 N–H and O–H groups in total. The lowest BCUT2D eigenvalue weighted by atomic mass is 10.2. The van der Waals surface area contributed by atoms with Crippen molar-refractivity contribution in [3.05, 3.63) is 57.6 Å². The molecule has 1 heterocycles. The number of nitrogens with zero attached hydrogens (tertiary/aromatic N) is 2. The topological polar surface area (TPSA) is 127 Å². The Hall–Kier alpha value is -2.66. The van der Waals surface area contributed by atoms with Gasteiger partial charge < -0.3 is 0 Å². The zero-order valence-corrected chi connectivity index (χ0v) is 16.9. The maximum Gasteiger partial charge on any atom is 0.270 e. The summed E-state index contributed by atoms with van der Waals surface area (Å²) in [4.78, 5) is 10.1. The molecule has 0 bridgehead atoms. The molecule has 0 spiro atoms. The Bertz CT molecular complexity index is 1160. The summed E-state index contributed by atoms with van der Waals surface area (Å²) < 4.78 is 53.4. The number of non-ortho nitro benzene ring substituents is 1. The molecule has 2 aromatic rings. The third-order valence-corrected chi connectivity index (χ3v) is 7.89. The number of anilines is 2. The van der Waals surface area contributed by atoms with Crippen molar-refractivity contribution in [2.75, 3.05) is 21.3 Å². The summed E-state index contributed by atoms with van der Waals surface area (Å²) in [5.41, 5.74) is 1.33. The number of hydrogen-bond donors (Lipinski definition) is 1. The number of aryl methyl sites for hydroxylation is 2. The van der Waals surface area contributed by atoms with Crippen LogP contribution in [-0.4, -0.2) is 34.1 Å². The van der Waals surface area contributed by atoms with Crippen LogP contribution in [0, 0.1) is 24.0 Å². The molecule has 0 radical (unpaired) electrons. The van der Waals surface area contributed by atoms with Gasteiger partial charge >= 0.3 is 0 Å². The largest absolute Gasteiger partial charge is 0.279 e. The Labute approximate surface area is 163 Å². The van der Waals surface area contributed by atoms with E-state index >= 15 is 0 Å². The fourth-order valence-corrected chi connectivity index (χ4v) is 5.99. The van der Waals surface area contributed by atoms with Crippen LogP contribution in [0.1, 0.15) is 17.5 Å². The normalized spacial score (nSPS) is 16.1. The minimum Gasteiger partial charge on any atom is -0.279 e. The summed E-state index contributed by atoms with van der Waals surface area (Å²) in [5.74, 6) is 0.0898. The predicted octanol–water partition coefficient (Wildman–Crippen LogP) is 2.55. The third kappa shape index (κ3) is 3.80. The van der Waals surface area contributed by atoms with Crippen molar-refractivity contribution < 1.29 is 21.8 Å². The quantitative estimate of drug-likeness (QED) is 0.579.